The summed E-state index contributed by atoms with van der Waals surface area (Å²) in [6, 6.07) is 0. The molecule has 1 aromatic rings. The van der Waals surface area contributed by atoms with Gasteiger partial charge in [0.05, 0.1) is 0 Å². The van der Waals surface area contributed by atoms with Crippen molar-refractivity contribution in [3.05, 3.63) is 10.0 Å². The monoisotopic (exact) mass is 197 g/mol. The minimum Gasteiger partial charge on any atom is -0.330 e. The topological polar surface area (TPSA) is 51.8 Å². The summed E-state index contributed by atoms with van der Waals surface area (Å²) in [7, 11) is 0. The quantitative estimate of drug-likeness (QED) is 0.795. The molecule has 1 aliphatic carbocycles. The number of aromatic nitrogens is 2. The fraction of sp³-hybridized carbons (Fsp3) is 0.778. The molecule has 1 aliphatic rings. The molecule has 0 spiro atoms. The Bertz CT molecular complexity index is 291. The predicted molar refractivity (Wildman–Crippen MR) is 53.9 cm³/mol. The first-order valence-electron chi connectivity index (χ1n) is 4.77. The van der Waals surface area contributed by atoms with Crippen LogP contribution in [0.1, 0.15) is 36.2 Å². The molecule has 2 rings (SSSR count). The molecule has 0 atom stereocenters. The molecule has 3 nitrogen and oxygen atoms in total. The third-order valence-corrected chi connectivity index (χ3v) is 3.87. The van der Waals surface area contributed by atoms with Gasteiger partial charge in [-0.05, 0) is 25.8 Å². The fourth-order valence-corrected chi connectivity index (χ4v) is 2.34. The lowest BCUT2D eigenvalue weighted by atomic mass is 10.2. The van der Waals surface area contributed by atoms with Crippen molar-refractivity contribution in [2.75, 3.05) is 6.54 Å². The molecule has 0 aromatic carbocycles. The van der Waals surface area contributed by atoms with E-state index in [4.69, 9.17) is 5.73 Å². The molecule has 4 heteroatoms. The molecule has 13 heavy (non-hydrogen) atoms. The molecule has 0 radical (unpaired) electrons. The number of aryl methyl sites for hydroxylation is 1. The van der Waals surface area contributed by atoms with Crippen molar-refractivity contribution in [1.82, 2.24) is 10.2 Å². The minimum absolute atomic E-state index is 0.374. The van der Waals surface area contributed by atoms with Crippen molar-refractivity contribution < 1.29 is 0 Å². The average molecular weight is 197 g/mol. The zero-order valence-electron chi connectivity index (χ0n) is 7.92. The average Bonchev–Trinajstić information content (AvgIpc) is 2.69. The number of hydrogen-bond acceptors (Lipinski definition) is 4. The molecule has 1 fully saturated rings. The van der Waals surface area contributed by atoms with Gasteiger partial charge in [0, 0.05) is 11.8 Å². The van der Waals surface area contributed by atoms with Gasteiger partial charge in [0.25, 0.3) is 0 Å². The molecular formula is C9H15N3S. The SMILES string of the molecule is CC1(c2nnc(CCCN)s2)CC1. The molecule has 0 unspecified atom stereocenters. The van der Waals surface area contributed by atoms with E-state index in [2.05, 4.69) is 17.1 Å². The Morgan fingerprint density at radius 2 is 2.23 bits per heavy atom. The molecule has 0 bridgehead atoms. The van der Waals surface area contributed by atoms with Crippen LogP contribution in [0.25, 0.3) is 0 Å². The maximum absolute atomic E-state index is 5.44. The van der Waals surface area contributed by atoms with Crippen molar-refractivity contribution in [2.45, 2.75) is 38.0 Å². The Labute approximate surface area is 82.4 Å². The maximum atomic E-state index is 5.44. The van der Waals surface area contributed by atoms with Crippen molar-refractivity contribution in [1.29, 1.82) is 0 Å². The molecule has 1 saturated carbocycles. The smallest absolute Gasteiger partial charge is 0.123 e. The van der Waals surface area contributed by atoms with Crippen LogP contribution in [0.4, 0.5) is 0 Å². The van der Waals surface area contributed by atoms with E-state index in [1.165, 1.54) is 17.8 Å². The van der Waals surface area contributed by atoms with Crippen molar-refractivity contribution in [3.63, 3.8) is 0 Å². The van der Waals surface area contributed by atoms with E-state index >= 15 is 0 Å². The summed E-state index contributed by atoms with van der Waals surface area (Å²) >= 11 is 1.76. The number of nitrogens with zero attached hydrogens (tertiary/aromatic N) is 2. The van der Waals surface area contributed by atoms with Gasteiger partial charge in [-0.2, -0.15) is 0 Å². The Morgan fingerprint density at radius 1 is 1.46 bits per heavy atom. The highest BCUT2D eigenvalue weighted by atomic mass is 32.1. The van der Waals surface area contributed by atoms with E-state index in [1.807, 2.05) is 0 Å². The van der Waals surface area contributed by atoms with Gasteiger partial charge >= 0.3 is 0 Å². The lowest BCUT2D eigenvalue weighted by Crippen LogP contribution is -1.99. The first-order valence-corrected chi connectivity index (χ1v) is 5.59. The fourth-order valence-electron chi connectivity index (χ4n) is 1.25. The Hall–Kier alpha value is -0.480. The normalized spacial score (nSPS) is 18.9. The zero-order chi connectivity index (χ0) is 9.31. The molecule has 0 saturated heterocycles. The molecule has 0 amide bonds. The van der Waals surface area contributed by atoms with Gasteiger partial charge in [-0.25, -0.2) is 0 Å². The summed E-state index contributed by atoms with van der Waals surface area (Å²) in [6.07, 6.45) is 4.56. The largest absolute Gasteiger partial charge is 0.330 e. The van der Waals surface area contributed by atoms with Crippen LogP contribution in [0.3, 0.4) is 0 Å². The third-order valence-electron chi connectivity index (χ3n) is 2.58. The predicted octanol–water partition coefficient (Wildman–Crippen LogP) is 1.48. The second-order valence-corrected chi connectivity index (χ2v) is 5.02. The number of hydrogen-bond donors (Lipinski definition) is 1. The number of rotatable bonds is 4. The van der Waals surface area contributed by atoms with Crippen LogP contribution >= 0.6 is 11.3 Å². The summed E-state index contributed by atoms with van der Waals surface area (Å²) in [4.78, 5) is 0. The summed E-state index contributed by atoms with van der Waals surface area (Å²) in [6.45, 7) is 3.01. The highest BCUT2D eigenvalue weighted by Gasteiger charge is 2.42. The molecule has 1 heterocycles. The van der Waals surface area contributed by atoms with E-state index in [1.54, 1.807) is 11.3 Å². The summed E-state index contributed by atoms with van der Waals surface area (Å²) < 4.78 is 0. The van der Waals surface area contributed by atoms with E-state index < -0.39 is 0 Å². The molecule has 72 valence electrons. The first-order chi connectivity index (χ1) is 6.24. The lowest BCUT2D eigenvalue weighted by molar-refractivity contribution is 0.748. The summed E-state index contributed by atoms with van der Waals surface area (Å²) in [5, 5.41) is 10.8. The maximum Gasteiger partial charge on any atom is 0.123 e. The van der Waals surface area contributed by atoms with Crippen LogP contribution < -0.4 is 5.73 Å². The lowest BCUT2D eigenvalue weighted by Gasteiger charge is -1.98. The molecular weight excluding hydrogens is 182 g/mol. The zero-order valence-corrected chi connectivity index (χ0v) is 8.73. The van der Waals surface area contributed by atoms with Crippen LogP contribution in [0, 0.1) is 0 Å². The van der Waals surface area contributed by atoms with E-state index in [-0.39, 0.29) is 0 Å². The summed E-state index contributed by atoms with van der Waals surface area (Å²) in [5.41, 5.74) is 5.81. The van der Waals surface area contributed by atoms with Crippen LogP contribution in [0.15, 0.2) is 0 Å². The highest BCUT2D eigenvalue weighted by molar-refractivity contribution is 7.11. The second kappa shape index (κ2) is 3.35. The van der Waals surface area contributed by atoms with E-state index in [0.29, 0.717) is 5.41 Å². The third kappa shape index (κ3) is 1.89. The van der Waals surface area contributed by atoms with Crippen LogP contribution in [-0.4, -0.2) is 16.7 Å². The minimum atomic E-state index is 0.374. The van der Waals surface area contributed by atoms with Crippen molar-refractivity contribution >= 4 is 11.3 Å². The van der Waals surface area contributed by atoms with Gasteiger partial charge in [-0.1, -0.05) is 6.92 Å². The van der Waals surface area contributed by atoms with E-state index in [9.17, 15) is 0 Å². The van der Waals surface area contributed by atoms with Crippen LogP contribution in [0.2, 0.25) is 0 Å². The summed E-state index contributed by atoms with van der Waals surface area (Å²) in [5.74, 6) is 0. The van der Waals surface area contributed by atoms with Gasteiger partial charge in [-0.3, -0.25) is 0 Å². The van der Waals surface area contributed by atoms with Gasteiger partial charge in [0.15, 0.2) is 0 Å². The highest BCUT2D eigenvalue weighted by Crippen LogP contribution is 2.48. The van der Waals surface area contributed by atoms with Crippen LogP contribution in [-0.2, 0) is 11.8 Å². The van der Waals surface area contributed by atoms with Crippen LogP contribution in [0.5, 0.6) is 0 Å². The number of nitrogens with two attached hydrogens (primary N) is 1. The molecule has 1 aromatic heterocycles. The van der Waals surface area contributed by atoms with Gasteiger partial charge in [0.2, 0.25) is 0 Å². The Balaban J connectivity index is 2.01. The Morgan fingerprint density at radius 3 is 2.85 bits per heavy atom. The Kier molecular flexibility index (Phi) is 2.34. The van der Waals surface area contributed by atoms with Gasteiger partial charge in [-0.15, -0.1) is 21.5 Å². The second-order valence-electron chi connectivity index (χ2n) is 3.95. The van der Waals surface area contributed by atoms with Crippen molar-refractivity contribution in [3.8, 4) is 0 Å². The van der Waals surface area contributed by atoms with Gasteiger partial charge in [0.1, 0.15) is 10.0 Å². The molecule has 2 N–H and O–H groups in total. The standard InChI is InChI=1S/C9H15N3S/c1-9(4-5-9)8-12-11-7(13-8)3-2-6-10/h2-6,10H2,1H3. The van der Waals surface area contributed by atoms with Gasteiger partial charge < -0.3 is 5.73 Å². The van der Waals surface area contributed by atoms with Crippen molar-refractivity contribution in [2.24, 2.45) is 5.73 Å². The molecule has 0 aliphatic heterocycles. The first kappa shape index (κ1) is 9.09. The van der Waals surface area contributed by atoms with E-state index in [0.717, 1.165) is 24.4 Å².